The lowest BCUT2D eigenvalue weighted by Gasteiger charge is -2.28. The molecule has 2 heterocycles. The van der Waals surface area contributed by atoms with Crippen molar-refractivity contribution < 1.29 is 13.9 Å². The minimum absolute atomic E-state index is 0.0773. The van der Waals surface area contributed by atoms with E-state index >= 15 is 0 Å². The van der Waals surface area contributed by atoms with E-state index in [1.54, 1.807) is 7.11 Å². The molecule has 0 bridgehead atoms. The maximum atomic E-state index is 12.6. The average Bonchev–Trinajstić information content (AvgIpc) is 2.91. The van der Waals surface area contributed by atoms with Crippen molar-refractivity contribution in [1.29, 1.82) is 0 Å². The van der Waals surface area contributed by atoms with Crippen molar-refractivity contribution >= 4 is 16.9 Å². The molecule has 2 N–H and O–H groups in total. The molecule has 1 aliphatic rings. The van der Waals surface area contributed by atoms with Crippen molar-refractivity contribution in [3.63, 3.8) is 0 Å². The highest BCUT2D eigenvalue weighted by molar-refractivity contribution is 5.84. The number of ether oxygens (including phenoxy) is 1. The van der Waals surface area contributed by atoms with Crippen LogP contribution in [0, 0.1) is 12.8 Å². The molecule has 0 spiro atoms. The van der Waals surface area contributed by atoms with Gasteiger partial charge in [0.2, 0.25) is 5.91 Å². The van der Waals surface area contributed by atoms with E-state index in [2.05, 4.69) is 17.6 Å². The van der Waals surface area contributed by atoms with Gasteiger partial charge in [-0.3, -0.25) is 4.79 Å². The van der Waals surface area contributed by atoms with Gasteiger partial charge in [0.15, 0.2) is 0 Å². The van der Waals surface area contributed by atoms with Crippen LogP contribution < -0.4 is 15.4 Å². The van der Waals surface area contributed by atoms with E-state index in [1.165, 1.54) is 0 Å². The van der Waals surface area contributed by atoms with Gasteiger partial charge in [-0.05, 0) is 58.4 Å². The number of amides is 1. The monoisotopic (exact) mass is 330 g/mol. The smallest absolute Gasteiger partial charge is 0.223 e. The zero-order chi connectivity index (χ0) is 17.3. The lowest BCUT2D eigenvalue weighted by Crippen LogP contribution is -2.43. The fourth-order valence-corrected chi connectivity index (χ4v) is 3.53. The molecule has 2 aromatic rings. The first-order valence-corrected chi connectivity index (χ1v) is 8.60. The number of furan rings is 1. The second-order valence-corrected chi connectivity index (χ2v) is 6.76. The Labute approximate surface area is 142 Å². The van der Waals surface area contributed by atoms with Crippen LogP contribution in [0.5, 0.6) is 5.75 Å². The summed E-state index contributed by atoms with van der Waals surface area (Å²) in [6.45, 7) is 7.02. The quantitative estimate of drug-likeness (QED) is 0.903. The van der Waals surface area contributed by atoms with E-state index < -0.39 is 0 Å². The molecule has 24 heavy (non-hydrogen) atoms. The van der Waals surface area contributed by atoms with Crippen LogP contribution in [0.3, 0.4) is 0 Å². The largest absolute Gasteiger partial charge is 0.497 e. The highest BCUT2D eigenvalue weighted by atomic mass is 16.5. The van der Waals surface area contributed by atoms with E-state index in [-0.39, 0.29) is 17.9 Å². The third-order valence-corrected chi connectivity index (χ3v) is 4.93. The van der Waals surface area contributed by atoms with Crippen LogP contribution in [0.15, 0.2) is 22.6 Å². The molecule has 5 heteroatoms. The number of carbonyl (C=O) groups excluding carboxylic acids is 1. The third-order valence-electron chi connectivity index (χ3n) is 4.93. The molecular weight excluding hydrogens is 304 g/mol. The lowest BCUT2D eigenvalue weighted by atomic mass is 9.92. The Morgan fingerprint density at radius 1 is 1.46 bits per heavy atom. The van der Waals surface area contributed by atoms with Crippen LogP contribution in [0.1, 0.15) is 44.1 Å². The normalized spacial score (nSPS) is 22.3. The van der Waals surface area contributed by atoms with Gasteiger partial charge in [-0.15, -0.1) is 0 Å². The van der Waals surface area contributed by atoms with Crippen molar-refractivity contribution in [2.45, 2.75) is 45.7 Å². The molecule has 0 aliphatic carbocycles. The molecule has 5 nitrogen and oxygen atoms in total. The highest BCUT2D eigenvalue weighted by Gasteiger charge is 2.27. The summed E-state index contributed by atoms with van der Waals surface area (Å²) in [5, 5.41) is 7.53. The zero-order valence-electron chi connectivity index (χ0n) is 14.8. The van der Waals surface area contributed by atoms with Gasteiger partial charge in [0.05, 0.1) is 13.2 Å². The van der Waals surface area contributed by atoms with Crippen LogP contribution in [-0.2, 0) is 4.79 Å². The van der Waals surface area contributed by atoms with Crippen molar-refractivity contribution in [3.05, 3.63) is 29.5 Å². The van der Waals surface area contributed by atoms with Crippen molar-refractivity contribution in [2.24, 2.45) is 5.92 Å². The van der Waals surface area contributed by atoms with Crippen molar-refractivity contribution in [1.82, 2.24) is 10.6 Å². The number of fused-ring (bicyclic) bond motifs is 1. The summed E-state index contributed by atoms with van der Waals surface area (Å²) >= 11 is 0. The number of hydrogen-bond acceptors (Lipinski definition) is 4. The minimum atomic E-state index is -0.152. The number of hydrogen-bond donors (Lipinski definition) is 2. The summed E-state index contributed by atoms with van der Waals surface area (Å²) in [6, 6.07) is 6.01. The van der Waals surface area contributed by atoms with Crippen LogP contribution in [-0.4, -0.2) is 25.6 Å². The Kier molecular flexibility index (Phi) is 4.81. The van der Waals surface area contributed by atoms with Gasteiger partial charge in [-0.25, -0.2) is 0 Å². The van der Waals surface area contributed by atoms with Crippen molar-refractivity contribution in [3.8, 4) is 5.75 Å². The van der Waals surface area contributed by atoms with Gasteiger partial charge < -0.3 is 19.8 Å². The first-order valence-electron chi connectivity index (χ1n) is 8.60. The van der Waals surface area contributed by atoms with Gasteiger partial charge in [-0.2, -0.15) is 0 Å². The standard InChI is InChI=1S/C19H26N2O3/c1-11-9-14(7-8-20-11)19(22)21-13(3)18-12(2)16-10-15(23-4)5-6-17(16)24-18/h5-6,10-11,13-14,20H,7-9H2,1-4H3,(H,21,22)/t11-,13?,14-/m0/s1. The molecule has 1 unspecified atom stereocenters. The first-order chi connectivity index (χ1) is 11.5. The maximum Gasteiger partial charge on any atom is 0.223 e. The number of methoxy groups -OCH3 is 1. The van der Waals surface area contributed by atoms with Gasteiger partial charge >= 0.3 is 0 Å². The summed E-state index contributed by atoms with van der Waals surface area (Å²) in [7, 11) is 1.65. The predicted molar refractivity (Wildman–Crippen MR) is 94.2 cm³/mol. The molecule has 3 rings (SSSR count). The van der Waals surface area contributed by atoms with E-state index in [9.17, 15) is 4.79 Å². The van der Waals surface area contributed by atoms with E-state index in [0.29, 0.717) is 6.04 Å². The molecule has 130 valence electrons. The van der Waals surface area contributed by atoms with Gasteiger partial charge in [0, 0.05) is 22.9 Å². The number of benzene rings is 1. The molecule has 1 amide bonds. The maximum absolute atomic E-state index is 12.6. The van der Waals surface area contributed by atoms with Crippen LogP contribution in [0.4, 0.5) is 0 Å². The molecular formula is C19H26N2O3. The SMILES string of the molecule is COc1ccc2oc(C(C)NC(=O)[C@H]3CCN[C@@H](C)C3)c(C)c2c1. The van der Waals surface area contributed by atoms with E-state index in [1.807, 2.05) is 32.0 Å². The zero-order valence-corrected chi connectivity index (χ0v) is 14.8. The lowest BCUT2D eigenvalue weighted by molar-refractivity contribution is -0.126. The molecule has 0 saturated carbocycles. The number of nitrogens with one attached hydrogen (secondary N) is 2. The first kappa shape index (κ1) is 16.8. The number of rotatable bonds is 4. The van der Waals surface area contributed by atoms with E-state index in [0.717, 1.165) is 47.4 Å². The second kappa shape index (κ2) is 6.85. The van der Waals surface area contributed by atoms with Gasteiger partial charge in [-0.1, -0.05) is 0 Å². The Bertz CT molecular complexity index is 738. The van der Waals surface area contributed by atoms with E-state index in [4.69, 9.17) is 9.15 Å². The summed E-state index contributed by atoms with van der Waals surface area (Å²) in [4.78, 5) is 12.6. The number of piperidine rings is 1. The predicted octanol–water partition coefficient (Wildman–Crippen LogP) is 3.32. The van der Waals surface area contributed by atoms with Crippen LogP contribution in [0.2, 0.25) is 0 Å². The Hall–Kier alpha value is -2.01. The Balaban J connectivity index is 1.77. The molecule has 1 aliphatic heterocycles. The topological polar surface area (TPSA) is 63.5 Å². The van der Waals surface area contributed by atoms with Crippen LogP contribution >= 0.6 is 0 Å². The molecule has 1 aromatic carbocycles. The second-order valence-electron chi connectivity index (χ2n) is 6.76. The Morgan fingerprint density at radius 3 is 2.96 bits per heavy atom. The summed E-state index contributed by atoms with van der Waals surface area (Å²) < 4.78 is 11.3. The molecule has 3 atom stereocenters. The molecule has 0 radical (unpaired) electrons. The summed E-state index contributed by atoms with van der Waals surface area (Å²) in [6.07, 6.45) is 1.77. The fourth-order valence-electron chi connectivity index (χ4n) is 3.53. The summed E-state index contributed by atoms with van der Waals surface area (Å²) in [5.41, 5.74) is 1.87. The van der Waals surface area contributed by atoms with Crippen molar-refractivity contribution in [2.75, 3.05) is 13.7 Å². The fraction of sp³-hybridized carbons (Fsp3) is 0.526. The summed E-state index contributed by atoms with van der Waals surface area (Å²) in [5.74, 6) is 1.81. The third kappa shape index (κ3) is 3.26. The number of aryl methyl sites for hydroxylation is 1. The Morgan fingerprint density at radius 2 is 2.25 bits per heavy atom. The van der Waals surface area contributed by atoms with Gasteiger partial charge in [0.1, 0.15) is 17.1 Å². The van der Waals surface area contributed by atoms with Crippen LogP contribution in [0.25, 0.3) is 11.0 Å². The number of carbonyl (C=O) groups is 1. The minimum Gasteiger partial charge on any atom is -0.497 e. The highest BCUT2D eigenvalue weighted by Crippen LogP contribution is 2.32. The molecule has 1 saturated heterocycles. The molecule has 1 aromatic heterocycles. The average molecular weight is 330 g/mol. The van der Waals surface area contributed by atoms with Gasteiger partial charge in [0.25, 0.3) is 0 Å². The molecule has 1 fully saturated rings.